The van der Waals surface area contributed by atoms with E-state index >= 15 is 0 Å². The predicted molar refractivity (Wildman–Crippen MR) is 68.2 cm³/mol. The molecule has 0 radical (unpaired) electrons. The lowest BCUT2D eigenvalue weighted by atomic mass is 10.1. The Morgan fingerprint density at radius 1 is 1.50 bits per heavy atom. The van der Waals surface area contributed by atoms with Gasteiger partial charge in [0.2, 0.25) is 5.91 Å². The van der Waals surface area contributed by atoms with Crippen molar-refractivity contribution in [2.24, 2.45) is 11.7 Å². The summed E-state index contributed by atoms with van der Waals surface area (Å²) in [6.45, 7) is 2.50. The van der Waals surface area contributed by atoms with E-state index in [4.69, 9.17) is 5.73 Å². The number of carbonyl (C=O) groups is 1. The zero-order valence-electron chi connectivity index (χ0n) is 10.6. The molecule has 1 aliphatic carbocycles. The van der Waals surface area contributed by atoms with Crippen LogP contribution in [0.2, 0.25) is 0 Å². The van der Waals surface area contributed by atoms with Crippen molar-refractivity contribution in [2.75, 3.05) is 6.54 Å². The molecule has 4 heteroatoms. The lowest BCUT2D eigenvalue weighted by Gasteiger charge is -2.25. The van der Waals surface area contributed by atoms with E-state index in [1.54, 1.807) is 23.1 Å². The van der Waals surface area contributed by atoms with Gasteiger partial charge >= 0.3 is 0 Å². The Balaban J connectivity index is 2.12. The molecular weight excluding hydrogens is 231 g/mol. The maximum Gasteiger partial charge on any atom is 0.227 e. The van der Waals surface area contributed by atoms with Gasteiger partial charge in [0.1, 0.15) is 5.82 Å². The number of nitrogens with zero attached hydrogens (tertiary/aromatic N) is 1. The Morgan fingerprint density at radius 3 is 2.72 bits per heavy atom. The Kier molecular flexibility index (Phi) is 3.97. The zero-order chi connectivity index (χ0) is 13.1. The minimum atomic E-state index is -0.253. The smallest absolute Gasteiger partial charge is 0.227 e. The molecule has 2 N–H and O–H groups in total. The molecule has 0 spiro atoms. The summed E-state index contributed by atoms with van der Waals surface area (Å²) in [7, 11) is 0. The van der Waals surface area contributed by atoms with Gasteiger partial charge in [-0.2, -0.15) is 0 Å². The Hall–Kier alpha value is -1.42. The minimum Gasteiger partial charge on any atom is -0.335 e. The summed E-state index contributed by atoms with van der Waals surface area (Å²) in [4.78, 5) is 14.0. The summed E-state index contributed by atoms with van der Waals surface area (Å²) < 4.78 is 13.6. The molecule has 1 amide bonds. The molecule has 18 heavy (non-hydrogen) atoms. The van der Waals surface area contributed by atoms with Gasteiger partial charge in [0.25, 0.3) is 0 Å². The van der Waals surface area contributed by atoms with Crippen LogP contribution in [0.25, 0.3) is 0 Å². The average Bonchev–Trinajstić information content (AvgIpc) is 3.20. The number of amides is 1. The van der Waals surface area contributed by atoms with Gasteiger partial charge in [-0.3, -0.25) is 4.79 Å². The van der Waals surface area contributed by atoms with Gasteiger partial charge < -0.3 is 10.6 Å². The lowest BCUT2D eigenvalue weighted by molar-refractivity contribution is -0.135. The highest BCUT2D eigenvalue weighted by Crippen LogP contribution is 2.30. The van der Waals surface area contributed by atoms with E-state index in [1.165, 1.54) is 6.07 Å². The fourth-order valence-electron chi connectivity index (χ4n) is 1.97. The molecule has 0 saturated heterocycles. The third kappa shape index (κ3) is 2.88. The second kappa shape index (κ2) is 5.48. The molecule has 1 saturated carbocycles. The molecule has 1 fully saturated rings. The summed E-state index contributed by atoms with van der Waals surface area (Å²) in [5, 5.41) is 0. The number of carbonyl (C=O) groups excluding carboxylic acids is 1. The molecule has 2 rings (SSSR count). The van der Waals surface area contributed by atoms with E-state index < -0.39 is 0 Å². The SMILES string of the molecule is CC(CN)C(=O)N(Cc1ccccc1F)C1CC1. The number of rotatable bonds is 5. The Morgan fingerprint density at radius 2 is 2.17 bits per heavy atom. The fraction of sp³-hybridized carbons (Fsp3) is 0.500. The molecule has 0 heterocycles. The molecule has 1 aliphatic rings. The van der Waals surface area contributed by atoms with E-state index in [2.05, 4.69) is 0 Å². The molecule has 1 aromatic rings. The van der Waals surface area contributed by atoms with Crippen LogP contribution in [0.5, 0.6) is 0 Å². The van der Waals surface area contributed by atoms with Crippen LogP contribution in [0.1, 0.15) is 25.3 Å². The zero-order valence-corrected chi connectivity index (χ0v) is 10.6. The van der Waals surface area contributed by atoms with Crippen LogP contribution in [0, 0.1) is 11.7 Å². The normalized spacial score (nSPS) is 16.4. The molecule has 3 nitrogen and oxygen atoms in total. The average molecular weight is 250 g/mol. The van der Waals surface area contributed by atoms with Gasteiger partial charge in [0.05, 0.1) is 0 Å². The number of halogens is 1. The lowest BCUT2D eigenvalue weighted by Crippen LogP contribution is -2.39. The monoisotopic (exact) mass is 250 g/mol. The fourth-order valence-corrected chi connectivity index (χ4v) is 1.97. The van der Waals surface area contributed by atoms with Crippen molar-refractivity contribution in [1.82, 2.24) is 4.90 Å². The molecular formula is C14H19FN2O. The van der Waals surface area contributed by atoms with Crippen molar-refractivity contribution in [3.8, 4) is 0 Å². The van der Waals surface area contributed by atoms with Gasteiger partial charge in [-0.15, -0.1) is 0 Å². The summed E-state index contributed by atoms with van der Waals surface area (Å²) in [6, 6.07) is 6.87. The molecule has 0 aromatic heterocycles. The van der Waals surface area contributed by atoms with E-state index in [0.717, 1.165) is 12.8 Å². The van der Waals surface area contributed by atoms with Gasteiger partial charge in [-0.1, -0.05) is 25.1 Å². The van der Waals surface area contributed by atoms with Crippen molar-refractivity contribution in [1.29, 1.82) is 0 Å². The number of nitrogens with two attached hydrogens (primary N) is 1. The van der Waals surface area contributed by atoms with Gasteiger partial charge in [0.15, 0.2) is 0 Å². The van der Waals surface area contributed by atoms with Crippen LogP contribution in [-0.4, -0.2) is 23.4 Å². The Bertz CT molecular complexity index is 432. The molecule has 98 valence electrons. The third-order valence-electron chi connectivity index (χ3n) is 3.34. The summed E-state index contributed by atoms with van der Waals surface area (Å²) >= 11 is 0. The van der Waals surface area contributed by atoms with Crippen LogP contribution in [-0.2, 0) is 11.3 Å². The maximum absolute atomic E-state index is 13.6. The van der Waals surface area contributed by atoms with Crippen LogP contribution in [0.3, 0.4) is 0 Å². The van der Waals surface area contributed by atoms with E-state index in [9.17, 15) is 9.18 Å². The highest BCUT2D eigenvalue weighted by atomic mass is 19.1. The first-order chi connectivity index (χ1) is 8.63. The second-order valence-electron chi connectivity index (χ2n) is 4.93. The number of hydrogen-bond donors (Lipinski definition) is 1. The third-order valence-corrected chi connectivity index (χ3v) is 3.34. The highest BCUT2D eigenvalue weighted by molar-refractivity contribution is 5.79. The molecule has 1 aromatic carbocycles. The molecule has 0 aliphatic heterocycles. The second-order valence-corrected chi connectivity index (χ2v) is 4.93. The number of benzene rings is 1. The van der Waals surface area contributed by atoms with Crippen molar-refractivity contribution < 1.29 is 9.18 Å². The molecule has 0 bridgehead atoms. The molecule has 1 unspecified atom stereocenters. The highest BCUT2D eigenvalue weighted by Gasteiger charge is 2.34. The van der Waals surface area contributed by atoms with Gasteiger partial charge in [0, 0.05) is 30.6 Å². The van der Waals surface area contributed by atoms with Crippen LogP contribution < -0.4 is 5.73 Å². The Labute approximate surface area is 107 Å². The first-order valence-corrected chi connectivity index (χ1v) is 6.37. The predicted octanol–water partition coefficient (Wildman–Crippen LogP) is 1.91. The summed E-state index contributed by atoms with van der Waals surface area (Å²) in [5.41, 5.74) is 6.10. The molecule has 1 atom stereocenters. The van der Waals surface area contributed by atoms with E-state index in [-0.39, 0.29) is 23.7 Å². The quantitative estimate of drug-likeness (QED) is 0.867. The van der Waals surface area contributed by atoms with Crippen molar-refractivity contribution in [2.45, 2.75) is 32.4 Å². The van der Waals surface area contributed by atoms with Crippen LogP contribution in [0.15, 0.2) is 24.3 Å². The standard InChI is InChI=1S/C14H19FN2O/c1-10(8-16)14(18)17(12-6-7-12)9-11-4-2-3-5-13(11)15/h2-5,10,12H,6-9,16H2,1H3. The first kappa shape index (κ1) is 13.0. The largest absolute Gasteiger partial charge is 0.335 e. The maximum atomic E-state index is 13.6. The van der Waals surface area contributed by atoms with Gasteiger partial charge in [-0.25, -0.2) is 4.39 Å². The minimum absolute atomic E-state index is 0.0308. The van der Waals surface area contributed by atoms with Crippen LogP contribution >= 0.6 is 0 Å². The van der Waals surface area contributed by atoms with Crippen molar-refractivity contribution in [3.05, 3.63) is 35.6 Å². The van der Waals surface area contributed by atoms with E-state index in [0.29, 0.717) is 18.7 Å². The number of hydrogen-bond acceptors (Lipinski definition) is 2. The summed E-state index contributed by atoms with van der Waals surface area (Å²) in [6.07, 6.45) is 2.02. The topological polar surface area (TPSA) is 46.3 Å². The van der Waals surface area contributed by atoms with Crippen molar-refractivity contribution >= 4 is 5.91 Å². The van der Waals surface area contributed by atoms with Crippen molar-refractivity contribution in [3.63, 3.8) is 0 Å². The summed E-state index contributed by atoms with van der Waals surface area (Å²) in [5.74, 6) is -0.419. The first-order valence-electron chi connectivity index (χ1n) is 6.37. The van der Waals surface area contributed by atoms with Gasteiger partial charge in [-0.05, 0) is 18.9 Å². The van der Waals surface area contributed by atoms with Crippen LogP contribution in [0.4, 0.5) is 4.39 Å². The van der Waals surface area contributed by atoms with E-state index in [1.807, 2.05) is 6.92 Å².